The van der Waals surface area contributed by atoms with Crippen LogP contribution in [0.4, 0.5) is 0 Å². The molecule has 0 unspecified atom stereocenters. The van der Waals surface area contributed by atoms with Crippen LogP contribution in [0.15, 0.2) is 48.3 Å². The first-order valence-corrected chi connectivity index (χ1v) is 9.20. The zero-order valence-corrected chi connectivity index (χ0v) is 16.3. The van der Waals surface area contributed by atoms with Crippen LogP contribution in [0, 0.1) is 13.8 Å². The number of Topliss-reactive ketones (excluding diaryl/α,β-unsaturated/α-hetero) is 1. The lowest BCUT2D eigenvalue weighted by molar-refractivity contribution is -0.140. The minimum Gasteiger partial charge on any atom is -0.507 e. The van der Waals surface area contributed by atoms with Crippen molar-refractivity contribution in [3.8, 4) is 0 Å². The smallest absolute Gasteiger partial charge is 0.295 e. The fourth-order valence-corrected chi connectivity index (χ4v) is 3.51. The highest BCUT2D eigenvalue weighted by molar-refractivity contribution is 6.46. The molecule has 1 aromatic heterocycles. The Morgan fingerprint density at radius 1 is 1.25 bits per heavy atom. The number of aryl methyl sites for hydroxylation is 2. The van der Waals surface area contributed by atoms with Crippen molar-refractivity contribution >= 4 is 17.4 Å². The number of hydrogen-bond donors (Lipinski definition) is 1. The number of aromatic nitrogens is 1. The molecule has 0 bridgehead atoms. The number of methoxy groups -OCH3 is 1. The molecular formula is C22H24N2O4. The molecule has 0 spiro atoms. The molecule has 1 saturated heterocycles. The molecule has 1 fully saturated rings. The number of hydrogen-bond acceptors (Lipinski definition) is 5. The van der Waals surface area contributed by atoms with Crippen LogP contribution >= 0.6 is 0 Å². The minimum absolute atomic E-state index is 0.101. The molecule has 6 heteroatoms. The lowest BCUT2D eigenvalue weighted by Gasteiger charge is -2.25. The molecule has 1 aromatic carbocycles. The van der Waals surface area contributed by atoms with E-state index < -0.39 is 17.7 Å². The third-order valence-electron chi connectivity index (χ3n) is 4.94. The van der Waals surface area contributed by atoms with Gasteiger partial charge in [-0.05, 0) is 43.5 Å². The van der Waals surface area contributed by atoms with Gasteiger partial charge < -0.3 is 14.7 Å². The summed E-state index contributed by atoms with van der Waals surface area (Å²) >= 11 is 0. The van der Waals surface area contributed by atoms with Crippen molar-refractivity contribution < 1.29 is 19.4 Å². The number of carbonyl (C=O) groups is 2. The van der Waals surface area contributed by atoms with E-state index in [1.807, 2.05) is 38.1 Å². The summed E-state index contributed by atoms with van der Waals surface area (Å²) in [7, 11) is 1.59. The topological polar surface area (TPSA) is 79.7 Å². The monoisotopic (exact) mass is 380 g/mol. The van der Waals surface area contributed by atoms with Gasteiger partial charge in [0.1, 0.15) is 5.76 Å². The van der Waals surface area contributed by atoms with Gasteiger partial charge in [0, 0.05) is 38.2 Å². The average molecular weight is 380 g/mol. The van der Waals surface area contributed by atoms with E-state index in [1.54, 1.807) is 25.6 Å². The lowest BCUT2D eigenvalue weighted by atomic mass is 9.94. The highest BCUT2D eigenvalue weighted by atomic mass is 16.5. The molecule has 146 valence electrons. The van der Waals surface area contributed by atoms with Gasteiger partial charge in [-0.25, -0.2) is 0 Å². The van der Waals surface area contributed by atoms with Gasteiger partial charge >= 0.3 is 0 Å². The largest absolute Gasteiger partial charge is 0.507 e. The van der Waals surface area contributed by atoms with Gasteiger partial charge in [-0.15, -0.1) is 0 Å². The first-order valence-electron chi connectivity index (χ1n) is 9.20. The van der Waals surface area contributed by atoms with E-state index in [0.29, 0.717) is 30.7 Å². The highest BCUT2D eigenvalue weighted by Crippen LogP contribution is 2.39. The SMILES string of the molecule is COCCCN1C(=O)C(=O)C(=C(O)c2cc(C)ccc2C)[C@@H]1c1cccnc1. The Bertz CT molecular complexity index is 921. The van der Waals surface area contributed by atoms with Gasteiger partial charge in [0.05, 0.1) is 11.6 Å². The minimum atomic E-state index is -0.676. The summed E-state index contributed by atoms with van der Waals surface area (Å²) in [4.78, 5) is 31.3. The number of pyridine rings is 1. The predicted octanol–water partition coefficient (Wildman–Crippen LogP) is 3.16. The summed E-state index contributed by atoms with van der Waals surface area (Å²) in [6.45, 7) is 4.60. The second-order valence-electron chi connectivity index (χ2n) is 6.94. The van der Waals surface area contributed by atoms with E-state index >= 15 is 0 Å². The number of aliphatic hydroxyl groups is 1. The van der Waals surface area contributed by atoms with Crippen LogP contribution in [0.1, 0.15) is 34.7 Å². The van der Waals surface area contributed by atoms with Gasteiger partial charge in [0.25, 0.3) is 11.7 Å². The van der Waals surface area contributed by atoms with E-state index in [1.165, 1.54) is 4.90 Å². The molecule has 0 aliphatic carbocycles. The number of ketones is 1. The molecule has 6 nitrogen and oxygen atoms in total. The van der Waals surface area contributed by atoms with Crippen LogP contribution in [0.2, 0.25) is 0 Å². The van der Waals surface area contributed by atoms with Crippen molar-refractivity contribution in [3.05, 3.63) is 70.6 Å². The van der Waals surface area contributed by atoms with Crippen molar-refractivity contribution in [1.29, 1.82) is 0 Å². The number of carbonyl (C=O) groups excluding carboxylic acids is 2. The first-order chi connectivity index (χ1) is 13.5. The van der Waals surface area contributed by atoms with Gasteiger partial charge in [-0.3, -0.25) is 14.6 Å². The third-order valence-corrected chi connectivity index (χ3v) is 4.94. The van der Waals surface area contributed by atoms with E-state index in [-0.39, 0.29) is 11.3 Å². The maximum absolute atomic E-state index is 12.9. The molecule has 1 N–H and O–H groups in total. The van der Waals surface area contributed by atoms with Crippen LogP contribution in [0.5, 0.6) is 0 Å². The number of benzene rings is 1. The molecule has 1 amide bonds. The van der Waals surface area contributed by atoms with Crippen LogP contribution in [-0.4, -0.2) is 46.9 Å². The van der Waals surface area contributed by atoms with Crippen molar-refractivity contribution in [2.75, 3.05) is 20.3 Å². The van der Waals surface area contributed by atoms with Crippen molar-refractivity contribution in [1.82, 2.24) is 9.88 Å². The molecule has 0 saturated carbocycles. The maximum atomic E-state index is 12.9. The van der Waals surface area contributed by atoms with Crippen LogP contribution in [0.25, 0.3) is 5.76 Å². The number of rotatable bonds is 6. The molecule has 2 aromatic rings. The molecule has 1 atom stereocenters. The molecule has 1 aliphatic heterocycles. The maximum Gasteiger partial charge on any atom is 0.295 e. The lowest BCUT2D eigenvalue weighted by Crippen LogP contribution is -2.31. The molecule has 28 heavy (non-hydrogen) atoms. The van der Waals surface area contributed by atoms with E-state index in [4.69, 9.17) is 4.74 Å². The van der Waals surface area contributed by atoms with Crippen molar-refractivity contribution in [2.24, 2.45) is 0 Å². The second kappa shape index (κ2) is 8.35. The summed E-state index contributed by atoms with van der Waals surface area (Å²) in [6, 6.07) is 8.53. The number of aliphatic hydroxyl groups excluding tert-OH is 1. The van der Waals surface area contributed by atoms with E-state index in [2.05, 4.69) is 4.98 Å². The van der Waals surface area contributed by atoms with Gasteiger partial charge in [0.15, 0.2) is 0 Å². The fraction of sp³-hybridized carbons (Fsp3) is 0.318. The van der Waals surface area contributed by atoms with Gasteiger partial charge in [-0.1, -0.05) is 23.8 Å². The Morgan fingerprint density at radius 3 is 2.71 bits per heavy atom. The summed E-state index contributed by atoms with van der Waals surface area (Å²) in [6.07, 6.45) is 3.84. The van der Waals surface area contributed by atoms with Crippen molar-refractivity contribution in [2.45, 2.75) is 26.3 Å². The van der Waals surface area contributed by atoms with Crippen LogP contribution in [-0.2, 0) is 14.3 Å². The van der Waals surface area contributed by atoms with E-state index in [0.717, 1.165) is 11.1 Å². The standard InChI is InChI=1S/C22H24N2O4/c1-14-7-8-15(2)17(12-14)20(25)18-19(16-6-4-9-23-13-16)24(10-5-11-28-3)22(27)21(18)26/h4,6-9,12-13,19,25H,5,10-11H2,1-3H3/t19-/m0/s1. The average Bonchev–Trinajstić information content (AvgIpc) is 2.95. The van der Waals surface area contributed by atoms with E-state index in [9.17, 15) is 14.7 Å². The summed E-state index contributed by atoms with van der Waals surface area (Å²) < 4.78 is 5.08. The van der Waals surface area contributed by atoms with Crippen molar-refractivity contribution in [3.63, 3.8) is 0 Å². The summed E-state index contributed by atoms with van der Waals surface area (Å²) in [5.41, 5.74) is 3.14. The quantitative estimate of drug-likeness (QED) is 0.360. The second-order valence-corrected chi connectivity index (χ2v) is 6.94. The highest BCUT2D eigenvalue weighted by Gasteiger charge is 2.46. The predicted molar refractivity (Wildman–Crippen MR) is 106 cm³/mol. The number of ether oxygens (including phenoxy) is 1. The summed E-state index contributed by atoms with van der Waals surface area (Å²) in [5.74, 6) is -1.44. The van der Waals surface area contributed by atoms with Crippen LogP contribution in [0.3, 0.4) is 0 Å². The van der Waals surface area contributed by atoms with Gasteiger partial charge in [-0.2, -0.15) is 0 Å². The molecule has 0 radical (unpaired) electrons. The molecule has 1 aliphatic rings. The number of likely N-dealkylation sites (tertiary alicyclic amines) is 1. The molecule has 3 rings (SSSR count). The van der Waals surface area contributed by atoms with Crippen LogP contribution < -0.4 is 0 Å². The summed E-state index contributed by atoms with van der Waals surface area (Å²) in [5, 5.41) is 11.1. The Kier molecular flexibility index (Phi) is 5.90. The Morgan fingerprint density at radius 2 is 2.04 bits per heavy atom. The zero-order valence-electron chi connectivity index (χ0n) is 16.3. The fourth-order valence-electron chi connectivity index (χ4n) is 3.51. The third kappa shape index (κ3) is 3.68. The number of amides is 1. The normalized spacial score (nSPS) is 18.7. The Hall–Kier alpha value is -2.99. The zero-order chi connectivity index (χ0) is 20.3. The molecule has 2 heterocycles. The first kappa shape index (κ1) is 19.8. The Balaban J connectivity index is 2.15. The van der Waals surface area contributed by atoms with Gasteiger partial charge in [0.2, 0.25) is 0 Å². The molecular weight excluding hydrogens is 356 g/mol. The Labute approximate surface area is 164 Å². The number of nitrogens with zero attached hydrogens (tertiary/aromatic N) is 2.